The molecule has 10 heteroatoms. The maximum Gasteiger partial charge on any atom is 0.407 e. The molecule has 0 aliphatic carbocycles. The Balaban J connectivity index is 1.55. The molecule has 0 fully saturated rings. The minimum Gasteiger partial charge on any atom is -0.494 e. The SMILES string of the molecule is COC(=O)c1ccc2c(C(=Nc3ccc(C(=O)NCCNC(=O)OC(C)(C)C)cc3)c3ccccc3)c(O)[nH]c2c1. The molecule has 10 nitrogen and oxygen atoms in total. The second kappa shape index (κ2) is 12.4. The van der Waals surface area contributed by atoms with Crippen LogP contribution in [0.2, 0.25) is 0 Å². The van der Waals surface area contributed by atoms with Gasteiger partial charge in [-0.2, -0.15) is 0 Å². The van der Waals surface area contributed by atoms with Crippen LogP contribution in [0, 0.1) is 0 Å². The molecule has 0 atom stereocenters. The Morgan fingerprint density at radius 3 is 2.20 bits per heavy atom. The van der Waals surface area contributed by atoms with Crippen LogP contribution in [0.3, 0.4) is 0 Å². The average Bonchev–Trinajstić information content (AvgIpc) is 3.27. The van der Waals surface area contributed by atoms with Crippen molar-refractivity contribution in [2.75, 3.05) is 20.2 Å². The van der Waals surface area contributed by atoms with Gasteiger partial charge in [-0.05, 0) is 57.2 Å². The van der Waals surface area contributed by atoms with Crippen LogP contribution < -0.4 is 10.6 Å². The number of benzene rings is 3. The minimum absolute atomic E-state index is 0.0967. The van der Waals surface area contributed by atoms with Crippen molar-refractivity contribution in [3.8, 4) is 5.88 Å². The number of amides is 2. The summed E-state index contributed by atoms with van der Waals surface area (Å²) in [5.74, 6) is -0.881. The van der Waals surface area contributed by atoms with Gasteiger partial charge in [0.2, 0.25) is 0 Å². The second-order valence-electron chi connectivity index (χ2n) is 10.2. The predicted molar refractivity (Wildman–Crippen MR) is 156 cm³/mol. The van der Waals surface area contributed by atoms with Crippen molar-refractivity contribution < 1.29 is 29.0 Å². The van der Waals surface area contributed by atoms with E-state index in [0.717, 1.165) is 5.56 Å². The van der Waals surface area contributed by atoms with E-state index in [4.69, 9.17) is 14.5 Å². The van der Waals surface area contributed by atoms with E-state index in [9.17, 15) is 19.5 Å². The zero-order valence-corrected chi connectivity index (χ0v) is 23.3. The van der Waals surface area contributed by atoms with E-state index in [1.165, 1.54) is 7.11 Å². The molecule has 0 saturated carbocycles. The van der Waals surface area contributed by atoms with Crippen molar-refractivity contribution in [3.05, 3.63) is 95.1 Å². The van der Waals surface area contributed by atoms with Crippen molar-refractivity contribution >= 4 is 40.3 Å². The molecule has 212 valence electrons. The molecule has 0 bridgehead atoms. The Morgan fingerprint density at radius 2 is 1.54 bits per heavy atom. The molecule has 2 amide bonds. The Hall–Kier alpha value is -5.12. The number of hydrogen-bond donors (Lipinski definition) is 4. The summed E-state index contributed by atoms with van der Waals surface area (Å²) < 4.78 is 9.98. The Kier molecular flexibility index (Phi) is 8.72. The number of carbonyl (C=O) groups is 3. The summed E-state index contributed by atoms with van der Waals surface area (Å²) in [5, 5.41) is 16.9. The van der Waals surface area contributed by atoms with Gasteiger partial charge in [0.05, 0.1) is 29.6 Å². The number of esters is 1. The zero-order chi connectivity index (χ0) is 29.6. The first-order valence-electron chi connectivity index (χ1n) is 13.0. The Labute approximate surface area is 237 Å². The molecule has 3 aromatic carbocycles. The van der Waals surface area contributed by atoms with E-state index in [1.807, 2.05) is 30.3 Å². The third-order valence-corrected chi connectivity index (χ3v) is 5.93. The van der Waals surface area contributed by atoms with Crippen molar-refractivity contribution in [2.24, 2.45) is 4.99 Å². The molecule has 1 aromatic heterocycles. The van der Waals surface area contributed by atoms with Gasteiger partial charge in [0.15, 0.2) is 5.88 Å². The van der Waals surface area contributed by atoms with Crippen molar-refractivity contribution in [1.82, 2.24) is 15.6 Å². The molecule has 0 radical (unpaired) electrons. The molecule has 4 N–H and O–H groups in total. The number of aromatic amines is 1. The number of aliphatic imine (C=N–C) groups is 1. The van der Waals surface area contributed by atoms with E-state index in [1.54, 1.807) is 63.2 Å². The number of alkyl carbamates (subject to hydrolysis) is 1. The number of H-pyrrole nitrogens is 1. The number of nitrogens with one attached hydrogen (secondary N) is 3. The summed E-state index contributed by atoms with van der Waals surface area (Å²) in [6.07, 6.45) is -0.548. The van der Waals surface area contributed by atoms with Gasteiger partial charge in [-0.3, -0.25) is 4.79 Å². The maximum atomic E-state index is 12.6. The molecule has 4 aromatic rings. The third-order valence-electron chi connectivity index (χ3n) is 5.93. The molecular weight excluding hydrogens is 524 g/mol. The van der Waals surface area contributed by atoms with Crippen LogP contribution in [0.1, 0.15) is 52.6 Å². The molecular formula is C31H32N4O6. The van der Waals surface area contributed by atoms with Crippen LogP contribution in [-0.4, -0.2) is 59.6 Å². The van der Waals surface area contributed by atoms with Crippen LogP contribution in [0.5, 0.6) is 5.88 Å². The first-order chi connectivity index (χ1) is 19.6. The summed E-state index contributed by atoms with van der Waals surface area (Å²) >= 11 is 0. The van der Waals surface area contributed by atoms with Gasteiger partial charge < -0.3 is 30.2 Å². The topological polar surface area (TPSA) is 142 Å². The van der Waals surface area contributed by atoms with Gasteiger partial charge in [-0.1, -0.05) is 36.4 Å². The molecule has 0 saturated heterocycles. The van der Waals surface area contributed by atoms with Gasteiger partial charge in [-0.25, -0.2) is 14.6 Å². The lowest BCUT2D eigenvalue weighted by Gasteiger charge is -2.19. The summed E-state index contributed by atoms with van der Waals surface area (Å²) in [4.78, 5) is 44.1. The van der Waals surface area contributed by atoms with Crippen molar-refractivity contribution in [3.63, 3.8) is 0 Å². The molecule has 1 heterocycles. The number of aromatic nitrogens is 1. The fourth-order valence-corrected chi connectivity index (χ4v) is 4.10. The number of hydrogen-bond acceptors (Lipinski definition) is 7. The lowest BCUT2D eigenvalue weighted by Crippen LogP contribution is -2.37. The number of rotatable bonds is 8. The number of fused-ring (bicyclic) bond motifs is 1. The number of nitrogens with zero attached hydrogens (tertiary/aromatic N) is 1. The van der Waals surface area contributed by atoms with Crippen LogP contribution in [-0.2, 0) is 9.47 Å². The summed E-state index contributed by atoms with van der Waals surface area (Å²) in [5.41, 5.74) is 3.03. The molecule has 41 heavy (non-hydrogen) atoms. The van der Waals surface area contributed by atoms with E-state index in [-0.39, 0.29) is 24.9 Å². The highest BCUT2D eigenvalue weighted by atomic mass is 16.6. The summed E-state index contributed by atoms with van der Waals surface area (Å²) in [7, 11) is 1.31. The first-order valence-corrected chi connectivity index (χ1v) is 13.0. The monoisotopic (exact) mass is 556 g/mol. The van der Waals surface area contributed by atoms with E-state index in [0.29, 0.717) is 39.0 Å². The minimum atomic E-state index is -0.598. The predicted octanol–water partition coefficient (Wildman–Crippen LogP) is 5.08. The second-order valence-corrected chi connectivity index (χ2v) is 10.2. The van der Waals surface area contributed by atoms with Crippen LogP contribution >= 0.6 is 0 Å². The van der Waals surface area contributed by atoms with Crippen LogP contribution in [0.25, 0.3) is 10.9 Å². The van der Waals surface area contributed by atoms with Crippen LogP contribution in [0.15, 0.2) is 77.8 Å². The van der Waals surface area contributed by atoms with Crippen LogP contribution in [0.4, 0.5) is 10.5 Å². The lowest BCUT2D eigenvalue weighted by molar-refractivity contribution is 0.0525. The highest BCUT2D eigenvalue weighted by Crippen LogP contribution is 2.32. The van der Waals surface area contributed by atoms with E-state index < -0.39 is 17.7 Å². The number of methoxy groups -OCH3 is 1. The standard InChI is InChI=1S/C31H32N4O6/c1-31(2,3)41-30(39)33-17-16-32-27(36)20-10-13-22(14-11-20)34-26(19-8-6-5-7-9-19)25-23-15-12-21(29(38)40-4)18-24(23)35-28(25)37/h5-15,18,35,37H,16-17H2,1-4H3,(H,32,36)(H,33,39). The zero-order valence-electron chi connectivity index (χ0n) is 23.3. The van der Waals surface area contributed by atoms with E-state index in [2.05, 4.69) is 15.6 Å². The molecule has 0 spiro atoms. The molecule has 4 rings (SSSR count). The molecule has 0 aliphatic heterocycles. The molecule has 0 unspecified atom stereocenters. The normalized spacial score (nSPS) is 11.7. The number of carbonyl (C=O) groups excluding carboxylic acids is 3. The van der Waals surface area contributed by atoms with Gasteiger partial charge >= 0.3 is 12.1 Å². The van der Waals surface area contributed by atoms with E-state index >= 15 is 0 Å². The molecule has 0 aliphatic rings. The first kappa shape index (κ1) is 28.9. The summed E-state index contributed by atoms with van der Waals surface area (Å²) in [6.45, 7) is 5.77. The van der Waals surface area contributed by atoms with Crippen molar-refractivity contribution in [1.29, 1.82) is 0 Å². The maximum absolute atomic E-state index is 12.6. The highest BCUT2D eigenvalue weighted by molar-refractivity contribution is 6.22. The average molecular weight is 557 g/mol. The fourth-order valence-electron chi connectivity index (χ4n) is 4.10. The van der Waals surface area contributed by atoms with Gasteiger partial charge in [-0.15, -0.1) is 0 Å². The fraction of sp³-hybridized carbons (Fsp3) is 0.226. The number of ether oxygens (including phenoxy) is 2. The van der Waals surface area contributed by atoms with Gasteiger partial charge in [0.25, 0.3) is 5.91 Å². The van der Waals surface area contributed by atoms with Crippen molar-refractivity contribution in [2.45, 2.75) is 26.4 Å². The summed E-state index contributed by atoms with van der Waals surface area (Å²) in [6, 6.07) is 21.1. The third kappa shape index (κ3) is 7.30. The quantitative estimate of drug-likeness (QED) is 0.135. The Bertz CT molecular complexity index is 1580. The van der Waals surface area contributed by atoms with Gasteiger partial charge in [0.1, 0.15) is 5.60 Å². The Morgan fingerprint density at radius 1 is 0.878 bits per heavy atom. The lowest BCUT2D eigenvalue weighted by atomic mass is 10.00. The van der Waals surface area contributed by atoms with Gasteiger partial charge in [0, 0.05) is 35.1 Å². The highest BCUT2D eigenvalue weighted by Gasteiger charge is 2.20. The number of aromatic hydroxyl groups is 1. The largest absolute Gasteiger partial charge is 0.494 e. The smallest absolute Gasteiger partial charge is 0.407 e.